The van der Waals surface area contributed by atoms with Gasteiger partial charge in [-0.1, -0.05) is 20.3 Å². The van der Waals surface area contributed by atoms with E-state index in [-0.39, 0.29) is 0 Å². The van der Waals surface area contributed by atoms with Crippen molar-refractivity contribution in [3.63, 3.8) is 0 Å². The Kier molecular flexibility index (Phi) is 9.35. The van der Waals surface area contributed by atoms with Gasteiger partial charge < -0.3 is 15.0 Å². The van der Waals surface area contributed by atoms with Crippen molar-refractivity contribution in [1.29, 1.82) is 0 Å². The highest BCUT2D eigenvalue weighted by atomic mass is 16.5. The second-order valence-electron chi connectivity index (χ2n) is 4.13. The summed E-state index contributed by atoms with van der Waals surface area (Å²) in [4.78, 5) is 2.13. The molecular weight excluding hydrogens is 176 g/mol. The van der Waals surface area contributed by atoms with E-state index in [0.717, 1.165) is 38.8 Å². The Morgan fingerprint density at radius 1 is 1.29 bits per heavy atom. The van der Waals surface area contributed by atoms with Crippen LogP contribution in [0.4, 0.5) is 0 Å². The van der Waals surface area contributed by atoms with Crippen LogP contribution in [0.15, 0.2) is 0 Å². The fourth-order valence-corrected chi connectivity index (χ4v) is 0.986. The summed E-state index contributed by atoms with van der Waals surface area (Å²) in [6.45, 7) is 9.22. The molecule has 14 heavy (non-hydrogen) atoms. The molecule has 0 bridgehead atoms. The lowest BCUT2D eigenvalue weighted by Crippen LogP contribution is -2.26. The summed E-state index contributed by atoms with van der Waals surface area (Å²) < 4.78 is 5.46. The van der Waals surface area contributed by atoms with E-state index in [1.165, 1.54) is 6.42 Å². The summed E-state index contributed by atoms with van der Waals surface area (Å²) >= 11 is 0. The fraction of sp³-hybridized carbons (Fsp3) is 1.00. The molecule has 0 saturated carbocycles. The zero-order chi connectivity index (χ0) is 10.8. The summed E-state index contributed by atoms with van der Waals surface area (Å²) in [6, 6.07) is 0. The van der Waals surface area contributed by atoms with Crippen molar-refractivity contribution in [3.05, 3.63) is 0 Å². The molecule has 1 N–H and O–H groups in total. The van der Waals surface area contributed by atoms with Gasteiger partial charge in [0.2, 0.25) is 0 Å². The minimum absolute atomic E-state index is 0.775. The van der Waals surface area contributed by atoms with E-state index in [9.17, 15) is 0 Å². The number of nitrogens with one attached hydrogen (secondary N) is 1. The number of hydrogen-bond acceptors (Lipinski definition) is 3. The van der Waals surface area contributed by atoms with E-state index >= 15 is 0 Å². The second-order valence-corrected chi connectivity index (χ2v) is 4.13. The Morgan fingerprint density at radius 3 is 2.57 bits per heavy atom. The summed E-state index contributed by atoms with van der Waals surface area (Å²) in [5.41, 5.74) is 0. The van der Waals surface area contributed by atoms with Gasteiger partial charge >= 0.3 is 0 Å². The normalized spacial score (nSPS) is 13.5. The van der Waals surface area contributed by atoms with Gasteiger partial charge in [-0.05, 0) is 26.6 Å². The van der Waals surface area contributed by atoms with Gasteiger partial charge in [0.1, 0.15) is 0 Å². The molecule has 0 aromatic rings. The topological polar surface area (TPSA) is 24.5 Å². The molecule has 0 spiro atoms. The van der Waals surface area contributed by atoms with E-state index < -0.39 is 0 Å². The standard InChI is InChI=1S/C11H26N2O/c1-5-11(2)10-12-6-8-14-9-7-13(3)4/h11-12H,5-10H2,1-4H3. The van der Waals surface area contributed by atoms with Crippen molar-refractivity contribution in [2.75, 3.05) is 46.9 Å². The molecule has 0 saturated heterocycles. The molecule has 0 rings (SSSR count). The Balaban J connectivity index is 2.99. The van der Waals surface area contributed by atoms with Crippen LogP contribution in [0.25, 0.3) is 0 Å². The SMILES string of the molecule is CCC(C)CNCCOCCN(C)C. The Bertz CT molecular complexity index is 118. The lowest BCUT2D eigenvalue weighted by Gasteiger charge is -2.11. The van der Waals surface area contributed by atoms with Crippen molar-refractivity contribution in [1.82, 2.24) is 10.2 Å². The molecule has 86 valence electrons. The van der Waals surface area contributed by atoms with Crippen LogP contribution in [0.1, 0.15) is 20.3 Å². The van der Waals surface area contributed by atoms with Gasteiger partial charge in [-0.3, -0.25) is 0 Å². The largest absolute Gasteiger partial charge is 0.379 e. The monoisotopic (exact) mass is 202 g/mol. The molecule has 0 fully saturated rings. The zero-order valence-electron chi connectivity index (χ0n) is 10.2. The zero-order valence-corrected chi connectivity index (χ0v) is 10.2. The number of ether oxygens (including phenoxy) is 1. The van der Waals surface area contributed by atoms with Gasteiger partial charge in [-0.25, -0.2) is 0 Å². The summed E-state index contributed by atoms with van der Waals surface area (Å²) in [6.07, 6.45) is 1.24. The second kappa shape index (κ2) is 9.44. The molecule has 0 aromatic heterocycles. The maximum absolute atomic E-state index is 5.46. The summed E-state index contributed by atoms with van der Waals surface area (Å²) in [5.74, 6) is 0.775. The van der Waals surface area contributed by atoms with Crippen LogP contribution in [-0.4, -0.2) is 51.8 Å². The van der Waals surface area contributed by atoms with E-state index in [1.54, 1.807) is 0 Å². The smallest absolute Gasteiger partial charge is 0.0593 e. The van der Waals surface area contributed by atoms with Crippen LogP contribution >= 0.6 is 0 Å². The minimum atomic E-state index is 0.775. The predicted octanol–water partition coefficient (Wildman–Crippen LogP) is 1.20. The third-order valence-corrected chi connectivity index (χ3v) is 2.30. The Hall–Kier alpha value is -0.120. The van der Waals surface area contributed by atoms with Gasteiger partial charge in [0.15, 0.2) is 0 Å². The summed E-state index contributed by atoms with van der Waals surface area (Å²) in [7, 11) is 4.12. The highest BCUT2D eigenvalue weighted by Crippen LogP contribution is 1.96. The fourth-order valence-electron chi connectivity index (χ4n) is 0.986. The predicted molar refractivity (Wildman–Crippen MR) is 61.7 cm³/mol. The highest BCUT2D eigenvalue weighted by molar-refractivity contribution is 4.54. The molecule has 3 heteroatoms. The molecule has 0 aliphatic heterocycles. The van der Waals surface area contributed by atoms with Crippen LogP contribution in [0.2, 0.25) is 0 Å². The van der Waals surface area contributed by atoms with Crippen LogP contribution in [0.5, 0.6) is 0 Å². The molecule has 0 aliphatic carbocycles. The van der Waals surface area contributed by atoms with Crippen LogP contribution < -0.4 is 5.32 Å². The first-order valence-corrected chi connectivity index (χ1v) is 5.60. The first-order chi connectivity index (χ1) is 6.66. The highest BCUT2D eigenvalue weighted by Gasteiger charge is 1.96. The molecular formula is C11H26N2O. The van der Waals surface area contributed by atoms with E-state index in [0.29, 0.717) is 0 Å². The lowest BCUT2D eigenvalue weighted by molar-refractivity contribution is 0.119. The van der Waals surface area contributed by atoms with Crippen LogP contribution in [-0.2, 0) is 4.74 Å². The third kappa shape index (κ3) is 9.96. The maximum atomic E-state index is 5.46. The average molecular weight is 202 g/mol. The third-order valence-electron chi connectivity index (χ3n) is 2.30. The van der Waals surface area contributed by atoms with Crippen molar-refractivity contribution in [3.8, 4) is 0 Å². The van der Waals surface area contributed by atoms with E-state index in [2.05, 4.69) is 38.2 Å². The van der Waals surface area contributed by atoms with Gasteiger partial charge in [0, 0.05) is 13.1 Å². The molecule has 0 amide bonds. The van der Waals surface area contributed by atoms with Crippen LogP contribution in [0, 0.1) is 5.92 Å². The van der Waals surface area contributed by atoms with Crippen molar-refractivity contribution in [2.24, 2.45) is 5.92 Å². The number of rotatable bonds is 9. The van der Waals surface area contributed by atoms with Crippen LogP contribution in [0.3, 0.4) is 0 Å². The van der Waals surface area contributed by atoms with E-state index in [1.807, 2.05) is 0 Å². The lowest BCUT2D eigenvalue weighted by atomic mass is 10.1. The van der Waals surface area contributed by atoms with Crippen molar-refractivity contribution >= 4 is 0 Å². The average Bonchev–Trinajstić information content (AvgIpc) is 2.15. The molecule has 0 radical (unpaired) electrons. The van der Waals surface area contributed by atoms with Crippen molar-refractivity contribution in [2.45, 2.75) is 20.3 Å². The quantitative estimate of drug-likeness (QED) is 0.569. The van der Waals surface area contributed by atoms with Crippen molar-refractivity contribution < 1.29 is 4.74 Å². The molecule has 1 atom stereocenters. The van der Waals surface area contributed by atoms with Gasteiger partial charge in [0.05, 0.1) is 13.2 Å². The van der Waals surface area contributed by atoms with E-state index in [4.69, 9.17) is 4.74 Å². The molecule has 0 heterocycles. The van der Waals surface area contributed by atoms with Gasteiger partial charge in [0.25, 0.3) is 0 Å². The molecule has 3 nitrogen and oxygen atoms in total. The van der Waals surface area contributed by atoms with Gasteiger partial charge in [-0.2, -0.15) is 0 Å². The minimum Gasteiger partial charge on any atom is -0.379 e. The summed E-state index contributed by atoms with van der Waals surface area (Å²) in [5, 5.41) is 3.39. The maximum Gasteiger partial charge on any atom is 0.0593 e. The first-order valence-electron chi connectivity index (χ1n) is 5.60. The van der Waals surface area contributed by atoms with Gasteiger partial charge in [-0.15, -0.1) is 0 Å². The molecule has 0 aliphatic rings. The Morgan fingerprint density at radius 2 is 2.00 bits per heavy atom. The number of hydrogen-bond donors (Lipinski definition) is 1. The first kappa shape index (κ1) is 13.9. The number of nitrogens with zero attached hydrogens (tertiary/aromatic N) is 1. The molecule has 1 unspecified atom stereocenters. The number of likely N-dealkylation sites (N-methyl/N-ethyl adjacent to an activating group) is 1. The molecule has 0 aromatic carbocycles. The Labute approximate surface area is 88.8 Å².